The number of carbonyl (C=O) groups is 2. The summed E-state index contributed by atoms with van der Waals surface area (Å²) in [5, 5.41) is 16.0. The predicted molar refractivity (Wildman–Crippen MR) is 102 cm³/mol. The maximum absolute atomic E-state index is 12.4. The molecule has 1 spiro atoms. The molecule has 4 rings (SSSR count). The number of sulfone groups is 1. The topological polar surface area (TPSA) is 143 Å². The van der Waals surface area contributed by atoms with E-state index in [0.29, 0.717) is 0 Å². The van der Waals surface area contributed by atoms with Crippen molar-refractivity contribution in [1.82, 2.24) is 19.9 Å². The van der Waals surface area contributed by atoms with Crippen LogP contribution in [0.1, 0.15) is 33.9 Å². The first-order valence-electron chi connectivity index (χ1n) is 9.81. The predicted octanol–water partition coefficient (Wildman–Crippen LogP) is 1.18. The van der Waals surface area contributed by atoms with Gasteiger partial charge in [0, 0.05) is 34.7 Å². The maximum Gasteiger partial charge on any atom is 0.273 e. The standard InChI is InChI=1S/C16H18N6O4S2/c1-17-15(24)12-9(18-13-10(7-27-22-13)28(2,25)26)5-11(20-21-12)19-14(23)8-6-16(8)3-4-16/h5,7-8H,3-4,6H2,1-2H3,(H,17,24)(H2,18,19,20,22,23)/t8-/m1/s1/i1D3. The number of hydrogen-bond donors (Lipinski definition) is 3. The van der Waals surface area contributed by atoms with Crippen LogP contribution in [-0.2, 0) is 14.6 Å². The molecule has 2 fully saturated rings. The third-order valence-electron chi connectivity index (χ3n) is 4.96. The minimum Gasteiger partial charge on any atom is -0.354 e. The molecule has 2 heterocycles. The summed E-state index contributed by atoms with van der Waals surface area (Å²) in [5.41, 5.74) is -0.324. The SMILES string of the molecule is [2H]C([2H])([2H])NC(=O)c1nnc(NC(=O)[C@H]2CC23CC3)cc1Nc1nscc1S(C)(=O)=O. The maximum atomic E-state index is 12.4. The normalized spacial score (nSPS) is 21.2. The van der Waals surface area contributed by atoms with Gasteiger partial charge in [0.2, 0.25) is 5.91 Å². The molecule has 2 aliphatic rings. The molecule has 148 valence electrons. The fourth-order valence-electron chi connectivity index (χ4n) is 3.12. The summed E-state index contributed by atoms with van der Waals surface area (Å²) in [5.74, 6) is -1.36. The zero-order valence-corrected chi connectivity index (χ0v) is 16.3. The molecule has 3 N–H and O–H groups in total. The second kappa shape index (κ2) is 6.48. The van der Waals surface area contributed by atoms with Crippen LogP contribution in [0.15, 0.2) is 16.3 Å². The smallest absolute Gasteiger partial charge is 0.273 e. The average molecular weight is 426 g/mol. The third-order valence-corrected chi connectivity index (χ3v) is 6.85. The molecule has 10 nitrogen and oxygen atoms in total. The molecule has 0 unspecified atom stereocenters. The van der Waals surface area contributed by atoms with Crippen LogP contribution >= 0.6 is 11.5 Å². The van der Waals surface area contributed by atoms with Gasteiger partial charge >= 0.3 is 0 Å². The number of rotatable bonds is 6. The lowest BCUT2D eigenvalue weighted by atomic mass is 10.2. The fraction of sp³-hybridized carbons (Fsp3) is 0.438. The molecule has 0 aliphatic heterocycles. The Balaban J connectivity index is 1.64. The second-order valence-electron chi connectivity index (χ2n) is 6.98. The van der Waals surface area contributed by atoms with Gasteiger partial charge in [-0.15, -0.1) is 10.2 Å². The number of aromatic nitrogens is 3. The average Bonchev–Trinajstić information content (AvgIpc) is 3.51. The molecule has 2 amide bonds. The van der Waals surface area contributed by atoms with Crippen LogP contribution in [-0.4, -0.2) is 48.0 Å². The first kappa shape index (κ1) is 15.3. The van der Waals surface area contributed by atoms with Gasteiger partial charge in [-0.2, -0.15) is 4.37 Å². The van der Waals surface area contributed by atoms with Gasteiger partial charge in [0.1, 0.15) is 4.90 Å². The number of carbonyl (C=O) groups excluding carboxylic acids is 2. The molecule has 12 heteroatoms. The summed E-state index contributed by atoms with van der Waals surface area (Å²) in [6, 6.07) is 1.28. The Morgan fingerprint density at radius 3 is 2.79 bits per heavy atom. The molecular formula is C16H18N6O4S2. The van der Waals surface area contributed by atoms with Crippen molar-refractivity contribution >= 4 is 50.5 Å². The van der Waals surface area contributed by atoms with Crippen molar-refractivity contribution < 1.29 is 22.1 Å². The van der Waals surface area contributed by atoms with E-state index in [4.69, 9.17) is 4.11 Å². The van der Waals surface area contributed by atoms with Crippen molar-refractivity contribution in [1.29, 1.82) is 0 Å². The minimum absolute atomic E-state index is 0.0387. The third kappa shape index (κ3) is 3.44. The second-order valence-corrected chi connectivity index (χ2v) is 9.59. The van der Waals surface area contributed by atoms with Gasteiger partial charge < -0.3 is 16.0 Å². The van der Waals surface area contributed by atoms with Gasteiger partial charge in [-0.3, -0.25) is 9.59 Å². The highest BCUT2D eigenvalue weighted by atomic mass is 32.2. The van der Waals surface area contributed by atoms with Crippen LogP contribution in [0.5, 0.6) is 0 Å². The van der Waals surface area contributed by atoms with Crippen molar-refractivity contribution in [3.63, 3.8) is 0 Å². The Labute approximate surface area is 169 Å². The monoisotopic (exact) mass is 425 g/mol. The van der Waals surface area contributed by atoms with Crippen molar-refractivity contribution in [2.45, 2.75) is 24.2 Å². The molecule has 0 bridgehead atoms. The lowest BCUT2D eigenvalue weighted by molar-refractivity contribution is -0.117. The Bertz CT molecular complexity index is 1180. The fourth-order valence-corrected chi connectivity index (χ4v) is 4.97. The Morgan fingerprint density at radius 1 is 1.36 bits per heavy atom. The molecule has 2 saturated carbocycles. The largest absolute Gasteiger partial charge is 0.354 e. The molecule has 2 aliphatic carbocycles. The molecule has 2 aromatic rings. The molecule has 0 aromatic carbocycles. The van der Waals surface area contributed by atoms with Gasteiger partial charge in [-0.1, -0.05) is 0 Å². The van der Waals surface area contributed by atoms with Gasteiger partial charge in [-0.25, -0.2) is 8.42 Å². The summed E-state index contributed by atoms with van der Waals surface area (Å²) in [6.07, 6.45) is 3.88. The van der Waals surface area contributed by atoms with E-state index in [9.17, 15) is 18.0 Å². The summed E-state index contributed by atoms with van der Waals surface area (Å²) in [4.78, 5) is 24.7. The van der Waals surface area contributed by atoms with Gasteiger partial charge in [-0.05, 0) is 36.2 Å². The lowest BCUT2D eigenvalue weighted by Gasteiger charge is -2.11. The molecule has 1 atom stereocenters. The van der Waals surface area contributed by atoms with Crippen molar-refractivity contribution in [2.24, 2.45) is 11.3 Å². The van der Waals surface area contributed by atoms with E-state index in [1.54, 1.807) is 5.32 Å². The first-order chi connectivity index (χ1) is 14.4. The van der Waals surface area contributed by atoms with Crippen LogP contribution in [0, 0.1) is 11.3 Å². The number of nitrogens with zero attached hydrogens (tertiary/aromatic N) is 3. The Kier molecular flexibility index (Phi) is 3.55. The number of nitrogens with one attached hydrogen (secondary N) is 3. The quantitative estimate of drug-likeness (QED) is 0.626. The van der Waals surface area contributed by atoms with Crippen LogP contribution < -0.4 is 16.0 Å². The molecule has 0 radical (unpaired) electrons. The van der Waals surface area contributed by atoms with E-state index >= 15 is 0 Å². The lowest BCUT2D eigenvalue weighted by Crippen LogP contribution is -2.23. The minimum atomic E-state index is -3.62. The Morgan fingerprint density at radius 2 is 2.14 bits per heavy atom. The molecule has 28 heavy (non-hydrogen) atoms. The highest BCUT2D eigenvalue weighted by Gasteiger charge is 2.65. The highest BCUT2D eigenvalue weighted by Crippen LogP contribution is 2.70. The summed E-state index contributed by atoms with van der Waals surface area (Å²) in [6.45, 7) is -2.77. The molecular weight excluding hydrogens is 404 g/mol. The van der Waals surface area contributed by atoms with E-state index in [2.05, 4.69) is 25.2 Å². The number of hydrogen-bond acceptors (Lipinski definition) is 9. The van der Waals surface area contributed by atoms with Crippen molar-refractivity contribution in [3.05, 3.63) is 17.1 Å². The van der Waals surface area contributed by atoms with E-state index in [0.717, 1.165) is 37.1 Å². The zero-order chi connectivity index (χ0) is 22.6. The van der Waals surface area contributed by atoms with E-state index in [1.807, 2.05) is 0 Å². The molecule has 0 saturated heterocycles. The van der Waals surface area contributed by atoms with Gasteiger partial charge in [0.05, 0.1) is 5.69 Å². The first-order valence-corrected chi connectivity index (χ1v) is 11.0. The van der Waals surface area contributed by atoms with Crippen LogP contribution in [0.2, 0.25) is 0 Å². The van der Waals surface area contributed by atoms with Crippen molar-refractivity contribution in [2.75, 3.05) is 23.9 Å². The highest BCUT2D eigenvalue weighted by molar-refractivity contribution is 7.91. The number of amides is 2. The van der Waals surface area contributed by atoms with E-state index in [-0.39, 0.29) is 39.5 Å². The van der Waals surface area contributed by atoms with Crippen molar-refractivity contribution in [3.8, 4) is 0 Å². The van der Waals surface area contributed by atoms with E-state index in [1.165, 1.54) is 11.4 Å². The van der Waals surface area contributed by atoms with Gasteiger partial charge in [0.25, 0.3) is 5.91 Å². The zero-order valence-electron chi connectivity index (χ0n) is 17.6. The molecule has 2 aromatic heterocycles. The van der Waals surface area contributed by atoms with Crippen LogP contribution in [0.3, 0.4) is 0 Å². The van der Waals surface area contributed by atoms with Crippen LogP contribution in [0.25, 0.3) is 0 Å². The Hall–Kier alpha value is -2.60. The number of anilines is 3. The van der Waals surface area contributed by atoms with E-state index < -0.39 is 28.4 Å². The van der Waals surface area contributed by atoms with Gasteiger partial charge in [0.15, 0.2) is 27.2 Å². The summed E-state index contributed by atoms with van der Waals surface area (Å²) in [7, 11) is -3.62. The summed E-state index contributed by atoms with van der Waals surface area (Å²) >= 11 is 0.882. The van der Waals surface area contributed by atoms with Crippen LogP contribution in [0.4, 0.5) is 17.3 Å². The summed E-state index contributed by atoms with van der Waals surface area (Å²) < 4.78 is 49.5.